The van der Waals surface area contributed by atoms with E-state index in [4.69, 9.17) is 4.74 Å². The van der Waals surface area contributed by atoms with Crippen LogP contribution in [-0.2, 0) is 4.79 Å². The number of amides is 1. The Morgan fingerprint density at radius 3 is 2.84 bits per heavy atom. The minimum absolute atomic E-state index is 0.0926. The highest BCUT2D eigenvalue weighted by molar-refractivity contribution is 8.15. The molecular weight excluding hydrogens is 262 g/mol. The lowest BCUT2D eigenvalue weighted by Gasteiger charge is -2.13. The highest BCUT2D eigenvalue weighted by Crippen LogP contribution is 2.17. The summed E-state index contributed by atoms with van der Waals surface area (Å²) in [6.07, 6.45) is 1.71. The van der Waals surface area contributed by atoms with Gasteiger partial charge in [-0.3, -0.25) is 4.79 Å². The monoisotopic (exact) mass is 277 g/mol. The van der Waals surface area contributed by atoms with Crippen LogP contribution in [0.25, 0.3) is 0 Å². The van der Waals surface area contributed by atoms with Gasteiger partial charge < -0.3 is 4.74 Å². The third kappa shape index (κ3) is 3.82. The second kappa shape index (κ2) is 6.38. The van der Waals surface area contributed by atoms with Crippen LogP contribution in [-0.4, -0.2) is 29.1 Å². The topological polar surface area (TPSA) is 63.1 Å². The van der Waals surface area contributed by atoms with Gasteiger partial charge in [0.25, 0.3) is 5.91 Å². The maximum Gasteiger partial charge on any atom is 0.253 e. The van der Waals surface area contributed by atoms with E-state index in [-0.39, 0.29) is 11.2 Å². The quantitative estimate of drug-likeness (QED) is 0.860. The number of amidine groups is 1. The van der Waals surface area contributed by atoms with Crippen LogP contribution < -0.4 is 10.2 Å². The average molecular weight is 277 g/mol. The molecule has 1 aromatic carbocycles. The van der Waals surface area contributed by atoms with Crippen LogP contribution in [0.15, 0.2) is 34.4 Å². The van der Waals surface area contributed by atoms with Crippen molar-refractivity contribution in [3.05, 3.63) is 29.8 Å². The number of nitrogens with zero attached hydrogens (tertiary/aromatic N) is 2. The van der Waals surface area contributed by atoms with Gasteiger partial charge in [0.15, 0.2) is 0 Å². The number of nitrogens with one attached hydrogen (secondary N) is 1. The third-order valence-corrected chi connectivity index (χ3v) is 3.40. The summed E-state index contributed by atoms with van der Waals surface area (Å²) in [6, 6.07) is 7.63. The molecule has 0 bridgehead atoms. The molecule has 5 nitrogen and oxygen atoms in total. The average Bonchev–Trinajstić information content (AvgIpc) is 2.42. The first-order chi connectivity index (χ1) is 9.19. The van der Waals surface area contributed by atoms with E-state index >= 15 is 0 Å². The van der Waals surface area contributed by atoms with Crippen molar-refractivity contribution in [2.45, 2.75) is 19.1 Å². The fraction of sp³-hybridized carbons (Fsp3) is 0.308. The summed E-state index contributed by atoms with van der Waals surface area (Å²) in [6.45, 7) is 4.42. The van der Waals surface area contributed by atoms with Gasteiger partial charge in [-0.2, -0.15) is 0 Å². The van der Waals surface area contributed by atoms with Crippen molar-refractivity contribution in [1.29, 1.82) is 0 Å². The van der Waals surface area contributed by atoms with Crippen LogP contribution in [0, 0.1) is 0 Å². The first-order valence-corrected chi connectivity index (χ1v) is 6.88. The van der Waals surface area contributed by atoms with Gasteiger partial charge in [0.05, 0.1) is 11.9 Å². The lowest BCUT2D eigenvalue weighted by molar-refractivity contribution is -0.120. The van der Waals surface area contributed by atoms with Gasteiger partial charge in [0.1, 0.15) is 5.75 Å². The van der Waals surface area contributed by atoms with Crippen LogP contribution in [0.2, 0.25) is 0 Å². The Bertz CT molecular complexity index is 511. The molecule has 1 N–H and O–H groups in total. The van der Waals surface area contributed by atoms with Crippen molar-refractivity contribution in [2.24, 2.45) is 10.1 Å². The summed E-state index contributed by atoms with van der Waals surface area (Å²) in [5, 5.41) is 4.27. The van der Waals surface area contributed by atoms with Crippen molar-refractivity contribution in [1.82, 2.24) is 5.43 Å². The normalized spacial score (nSPS) is 19.2. The molecule has 100 valence electrons. The Hall–Kier alpha value is -1.82. The van der Waals surface area contributed by atoms with Crippen molar-refractivity contribution < 1.29 is 9.53 Å². The smallest absolute Gasteiger partial charge is 0.253 e. The zero-order valence-corrected chi connectivity index (χ0v) is 11.6. The second-order valence-corrected chi connectivity index (χ2v) is 5.20. The lowest BCUT2D eigenvalue weighted by atomic mass is 10.2. The molecule has 1 amide bonds. The van der Waals surface area contributed by atoms with Crippen LogP contribution in [0.3, 0.4) is 0 Å². The van der Waals surface area contributed by atoms with E-state index in [1.54, 1.807) is 6.21 Å². The maximum atomic E-state index is 11.2. The molecule has 0 spiro atoms. The van der Waals surface area contributed by atoms with E-state index in [1.165, 1.54) is 11.8 Å². The summed E-state index contributed by atoms with van der Waals surface area (Å²) < 4.78 is 5.36. The molecular formula is C13H15N3O2S. The standard InChI is InChI=1S/C13H15N3O2S/c1-3-18-11-6-4-10(5-7-11)8-14-13-16-15-12(17)9(2)19-13/h4-9H,3H2,1-2H3,(H,15,17). The molecule has 1 aliphatic rings. The molecule has 0 aliphatic carbocycles. The number of carbonyl (C=O) groups excluding carboxylic acids is 1. The first kappa shape index (κ1) is 13.6. The van der Waals surface area contributed by atoms with Crippen molar-refractivity contribution in [3.8, 4) is 5.75 Å². The maximum absolute atomic E-state index is 11.2. The van der Waals surface area contributed by atoms with Crippen LogP contribution in [0.5, 0.6) is 5.75 Å². The SMILES string of the molecule is CCOc1ccc(C=NC2=NNC(=O)C(C)S2)cc1. The molecule has 1 aliphatic heterocycles. The number of hydrogen-bond acceptors (Lipinski definition) is 5. The molecule has 1 unspecified atom stereocenters. The minimum Gasteiger partial charge on any atom is -0.494 e. The summed E-state index contributed by atoms with van der Waals surface area (Å²) in [4.78, 5) is 15.5. The summed E-state index contributed by atoms with van der Waals surface area (Å²) in [7, 11) is 0. The number of hydrogen-bond donors (Lipinski definition) is 1. The van der Waals surface area contributed by atoms with E-state index in [0.717, 1.165) is 11.3 Å². The Kier molecular flexibility index (Phi) is 4.57. The van der Waals surface area contributed by atoms with Crippen molar-refractivity contribution in [3.63, 3.8) is 0 Å². The van der Waals surface area contributed by atoms with E-state index in [2.05, 4.69) is 15.5 Å². The predicted octanol–water partition coefficient (Wildman–Crippen LogP) is 2.03. The van der Waals surface area contributed by atoms with E-state index in [9.17, 15) is 4.79 Å². The Labute approximate surface area is 116 Å². The first-order valence-electron chi connectivity index (χ1n) is 6.00. The molecule has 0 aromatic heterocycles. The molecule has 1 heterocycles. The number of aliphatic imine (C=N–C) groups is 1. The van der Waals surface area contributed by atoms with E-state index in [1.807, 2.05) is 38.1 Å². The number of hydrazone groups is 1. The molecule has 2 rings (SSSR count). The van der Waals surface area contributed by atoms with E-state index in [0.29, 0.717) is 11.8 Å². The molecule has 0 saturated carbocycles. The Morgan fingerprint density at radius 1 is 1.47 bits per heavy atom. The largest absolute Gasteiger partial charge is 0.494 e. The number of benzene rings is 1. The van der Waals surface area contributed by atoms with Crippen molar-refractivity contribution >= 4 is 29.1 Å². The van der Waals surface area contributed by atoms with Gasteiger partial charge in [-0.25, -0.2) is 10.4 Å². The second-order valence-electron chi connectivity index (χ2n) is 3.89. The van der Waals surface area contributed by atoms with Crippen LogP contribution >= 0.6 is 11.8 Å². The Morgan fingerprint density at radius 2 is 2.21 bits per heavy atom. The van der Waals surface area contributed by atoms with Gasteiger partial charge in [-0.05, 0) is 43.7 Å². The zero-order chi connectivity index (χ0) is 13.7. The summed E-state index contributed by atoms with van der Waals surface area (Å²) >= 11 is 1.34. The molecule has 6 heteroatoms. The predicted molar refractivity (Wildman–Crippen MR) is 77.8 cm³/mol. The van der Waals surface area contributed by atoms with Crippen LogP contribution in [0.4, 0.5) is 0 Å². The molecule has 1 aromatic rings. The van der Waals surface area contributed by atoms with E-state index < -0.39 is 0 Å². The lowest BCUT2D eigenvalue weighted by Crippen LogP contribution is -2.32. The van der Waals surface area contributed by atoms with Gasteiger partial charge >= 0.3 is 0 Å². The summed E-state index contributed by atoms with van der Waals surface area (Å²) in [5.41, 5.74) is 3.39. The summed E-state index contributed by atoms with van der Waals surface area (Å²) in [5.74, 6) is 0.745. The van der Waals surface area contributed by atoms with Gasteiger partial charge in [-0.1, -0.05) is 11.8 Å². The van der Waals surface area contributed by atoms with Crippen molar-refractivity contribution in [2.75, 3.05) is 6.61 Å². The number of thioether (sulfide) groups is 1. The zero-order valence-electron chi connectivity index (χ0n) is 10.8. The molecule has 19 heavy (non-hydrogen) atoms. The van der Waals surface area contributed by atoms with Gasteiger partial charge in [0, 0.05) is 6.21 Å². The van der Waals surface area contributed by atoms with Crippen LogP contribution in [0.1, 0.15) is 19.4 Å². The molecule has 1 atom stereocenters. The highest BCUT2D eigenvalue weighted by atomic mass is 32.2. The highest BCUT2D eigenvalue weighted by Gasteiger charge is 2.20. The minimum atomic E-state index is -0.162. The fourth-order valence-electron chi connectivity index (χ4n) is 1.44. The van der Waals surface area contributed by atoms with Gasteiger partial charge in [0.2, 0.25) is 5.17 Å². The fourth-order valence-corrected chi connectivity index (χ4v) is 2.13. The molecule has 0 fully saturated rings. The molecule has 0 radical (unpaired) electrons. The number of rotatable bonds is 3. The Balaban J connectivity index is 2.00. The van der Waals surface area contributed by atoms with Gasteiger partial charge in [-0.15, -0.1) is 5.10 Å². The third-order valence-electron chi connectivity index (χ3n) is 2.43. The molecule has 0 saturated heterocycles. The number of carbonyl (C=O) groups is 1. The number of ether oxygens (including phenoxy) is 1.